The van der Waals surface area contributed by atoms with Crippen LogP contribution in [0.2, 0.25) is 0 Å². The largest absolute Gasteiger partial charge is 0.663 e. The van der Waals surface area contributed by atoms with E-state index in [0.717, 1.165) is 13.1 Å². The van der Waals surface area contributed by atoms with Crippen molar-refractivity contribution in [1.29, 1.82) is 0 Å². The molecule has 0 atom stereocenters. The topological polar surface area (TPSA) is 14.1 Å². The number of hydrogen-bond donors (Lipinski definition) is 0. The molecule has 0 aromatic heterocycles. The molecular formula is C4H10CoN-. The van der Waals surface area contributed by atoms with Crippen molar-refractivity contribution in [2.24, 2.45) is 0 Å². The van der Waals surface area contributed by atoms with Crippen molar-refractivity contribution in [3.05, 3.63) is 5.32 Å². The maximum Gasteiger partial charge on any atom is 0 e. The Morgan fingerprint density at radius 3 is 1.50 bits per heavy atom. The predicted octanol–water partition coefficient (Wildman–Crippen LogP) is 1.40. The third kappa shape index (κ3) is 8.82. The van der Waals surface area contributed by atoms with E-state index in [4.69, 9.17) is 0 Å². The van der Waals surface area contributed by atoms with Gasteiger partial charge in [-0.3, -0.25) is 0 Å². The molecule has 0 rings (SSSR count). The van der Waals surface area contributed by atoms with Crippen LogP contribution in [0.1, 0.15) is 13.8 Å². The zero-order chi connectivity index (χ0) is 4.12. The van der Waals surface area contributed by atoms with E-state index in [0.29, 0.717) is 0 Å². The maximum atomic E-state index is 3.97. The Balaban J connectivity index is 0. The fourth-order valence-corrected chi connectivity index (χ4v) is 0.224. The first kappa shape index (κ1) is 9.69. The molecule has 0 aliphatic rings. The van der Waals surface area contributed by atoms with Gasteiger partial charge in [-0.1, -0.05) is 13.8 Å². The summed E-state index contributed by atoms with van der Waals surface area (Å²) in [6, 6.07) is 0. The summed E-state index contributed by atoms with van der Waals surface area (Å²) in [5.41, 5.74) is 0. The molecule has 0 spiro atoms. The van der Waals surface area contributed by atoms with Crippen molar-refractivity contribution in [3.8, 4) is 0 Å². The Hall–Kier alpha value is 0.466. The summed E-state index contributed by atoms with van der Waals surface area (Å²) < 4.78 is 0. The Bertz CT molecular complexity index is 15.0. The van der Waals surface area contributed by atoms with Crippen LogP contribution >= 0.6 is 0 Å². The molecule has 0 heterocycles. The van der Waals surface area contributed by atoms with Crippen LogP contribution in [0.4, 0.5) is 0 Å². The van der Waals surface area contributed by atoms with Crippen LogP contribution in [-0.4, -0.2) is 13.1 Å². The first-order chi connectivity index (χ1) is 2.41. The zero-order valence-electron chi connectivity index (χ0n) is 4.19. The molecule has 0 aromatic carbocycles. The van der Waals surface area contributed by atoms with E-state index in [1.165, 1.54) is 0 Å². The summed E-state index contributed by atoms with van der Waals surface area (Å²) in [5, 5.41) is 3.97. The molecule has 2 heteroatoms. The second-order valence-corrected chi connectivity index (χ2v) is 0.856. The van der Waals surface area contributed by atoms with Crippen LogP contribution in [0.25, 0.3) is 5.32 Å². The molecule has 0 saturated carbocycles. The predicted molar refractivity (Wildman–Crippen MR) is 24.4 cm³/mol. The van der Waals surface area contributed by atoms with Gasteiger partial charge in [0.05, 0.1) is 0 Å². The van der Waals surface area contributed by atoms with E-state index in [1.54, 1.807) is 0 Å². The van der Waals surface area contributed by atoms with Crippen LogP contribution in [-0.2, 0) is 16.8 Å². The van der Waals surface area contributed by atoms with Crippen molar-refractivity contribution in [3.63, 3.8) is 0 Å². The van der Waals surface area contributed by atoms with Crippen LogP contribution in [0.15, 0.2) is 0 Å². The summed E-state index contributed by atoms with van der Waals surface area (Å²) in [6.07, 6.45) is 0. The Morgan fingerprint density at radius 1 is 1.17 bits per heavy atom. The van der Waals surface area contributed by atoms with Crippen LogP contribution in [0, 0.1) is 0 Å². The Kier molecular flexibility index (Phi) is 14.7. The van der Waals surface area contributed by atoms with Gasteiger partial charge in [-0.15, -0.1) is 0 Å². The number of hydrogen-bond acceptors (Lipinski definition) is 0. The summed E-state index contributed by atoms with van der Waals surface area (Å²) >= 11 is 0. The van der Waals surface area contributed by atoms with Gasteiger partial charge in [0.25, 0.3) is 0 Å². The fraction of sp³-hybridized carbons (Fsp3) is 1.00. The van der Waals surface area contributed by atoms with Gasteiger partial charge >= 0.3 is 0 Å². The SMILES string of the molecule is CC[N-]CC.[Co]. The third-order valence-electron chi connectivity index (χ3n) is 0.447. The molecule has 0 aliphatic heterocycles. The summed E-state index contributed by atoms with van der Waals surface area (Å²) in [7, 11) is 0. The zero-order valence-corrected chi connectivity index (χ0v) is 5.24. The first-order valence-electron chi connectivity index (χ1n) is 2.05. The monoisotopic (exact) mass is 131 g/mol. The van der Waals surface area contributed by atoms with E-state index in [-0.39, 0.29) is 16.8 Å². The molecule has 0 N–H and O–H groups in total. The second kappa shape index (κ2) is 9.08. The Labute approximate surface area is 49.7 Å². The van der Waals surface area contributed by atoms with Gasteiger partial charge in [-0.2, -0.15) is 13.1 Å². The van der Waals surface area contributed by atoms with Crippen molar-refractivity contribution >= 4 is 0 Å². The minimum atomic E-state index is 0. The molecule has 0 aromatic rings. The minimum absolute atomic E-state index is 0. The average molecular weight is 131 g/mol. The molecule has 0 bridgehead atoms. The minimum Gasteiger partial charge on any atom is -0.663 e. The van der Waals surface area contributed by atoms with Crippen molar-refractivity contribution in [1.82, 2.24) is 0 Å². The molecule has 0 unspecified atom stereocenters. The van der Waals surface area contributed by atoms with Crippen LogP contribution in [0.5, 0.6) is 0 Å². The quantitative estimate of drug-likeness (QED) is 0.537. The van der Waals surface area contributed by atoms with E-state index in [2.05, 4.69) is 5.32 Å². The molecule has 0 aliphatic carbocycles. The Morgan fingerprint density at radius 2 is 1.50 bits per heavy atom. The molecule has 41 valence electrons. The van der Waals surface area contributed by atoms with Gasteiger partial charge in [-0.05, 0) is 0 Å². The van der Waals surface area contributed by atoms with Crippen molar-refractivity contribution in [2.75, 3.05) is 13.1 Å². The van der Waals surface area contributed by atoms with E-state index < -0.39 is 0 Å². The second-order valence-electron chi connectivity index (χ2n) is 0.856. The standard InChI is InChI=1S/C4H10N.Co/c1-3-5-4-2;/h3-4H2,1-2H3;/q-1;. The summed E-state index contributed by atoms with van der Waals surface area (Å²) in [4.78, 5) is 0. The molecule has 1 nitrogen and oxygen atoms in total. The maximum absolute atomic E-state index is 3.97. The molecule has 1 radical (unpaired) electrons. The number of nitrogens with zero attached hydrogens (tertiary/aromatic N) is 1. The molecule has 6 heavy (non-hydrogen) atoms. The van der Waals surface area contributed by atoms with Gasteiger partial charge in [0.15, 0.2) is 0 Å². The fourth-order valence-electron chi connectivity index (χ4n) is 0.224. The molecule has 0 fully saturated rings. The first-order valence-corrected chi connectivity index (χ1v) is 2.05. The van der Waals surface area contributed by atoms with Crippen molar-refractivity contribution in [2.45, 2.75) is 13.8 Å². The van der Waals surface area contributed by atoms with Gasteiger partial charge in [0.2, 0.25) is 0 Å². The van der Waals surface area contributed by atoms with E-state index in [1.807, 2.05) is 13.8 Å². The molecule has 0 amide bonds. The summed E-state index contributed by atoms with van der Waals surface area (Å²) in [6.45, 7) is 6.03. The normalized spacial score (nSPS) is 7.00. The van der Waals surface area contributed by atoms with Gasteiger partial charge in [0, 0.05) is 16.8 Å². The third-order valence-corrected chi connectivity index (χ3v) is 0.447. The van der Waals surface area contributed by atoms with Gasteiger partial charge in [-0.25, -0.2) is 0 Å². The summed E-state index contributed by atoms with van der Waals surface area (Å²) in [5.74, 6) is 0. The molecule has 0 saturated heterocycles. The van der Waals surface area contributed by atoms with E-state index >= 15 is 0 Å². The molecular weight excluding hydrogens is 121 g/mol. The smallest absolute Gasteiger partial charge is 0 e. The van der Waals surface area contributed by atoms with E-state index in [9.17, 15) is 0 Å². The van der Waals surface area contributed by atoms with Gasteiger partial charge < -0.3 is 5.32 Å². The van der Waals surface area contributed by atoms with Crippen molar-refractivity contribution < 1.29 is 16.8 Å². The van der Waals surface area contributed by atoms with Crippen LogP contribution < -0.4 is 0 Å². The van der Waals surface area contributed by atoms with Gasteiger partial charge in [0.1, 0.15) is 0 Å². The average Bonchev–Trinajstić information content (AvgIpc) is 1.41. The number of rotatable bonds is 2. The van der Waals surface area contributed by atoms with Crippen LogP contribution in [0.3, 0.4) is 0 Å².